The first kappa shape index (κ1) is 16.7. The van der Waals surface area contributed by atoms with E-state index < -0.39 is 21.8 Å². The molecule has 0 saturated heterocycles. The number of carboxylic acids is 1. The molecule has 1 atom stereocenters. The maximum Gasteiger partial charge on any atom is 0.314 e. The number of urea groups is 1. The Morgan fingerprint density at radius 2 is 1.89 bits per heavy atom. The van der Waals surface area contributed by atoms with Gasteiger partial charge in [0.1, 0.15) is 9.84 Å². The average molecular weight is 280 g/mol. The van der Waals surface area contributed by atoms with Gasteiger partial charge in [0.25, 0.3) is 0 Å². The standard InChI is InChI=1S/C10H20N2O5S/c1-8(6-9(13)14)7-12-10(15)11-4-3-5-18(2,16)17/h8H,3-7H2,1-2H3,(H,13,14)(H2,11,12,15). The number of carboxylic acid groups (broad SMARTS) is 1. The van der Waals surface area contributed by atoms with Gasteiger partial charge in [0.15, 0.2) is 0 Å². The molecule has 0 aromatic carbocycles. The fourth-order valence-corrected chi connectivity index (χ4v) is 1.90. The van der Waals surface area contributed by atoms with Crippen molar-refractivity contribution in [2.45, 2.75) is 19.8 Å². The van der Waals surface area contributed by atoms with Gasteiger partial charge in [0.05, 0.1) is 5.75 Å². The van der Waals surface area contributed by atoms with Crippen molar-refractivity contribution in [3.8, 4) is 0 Å². The highest BCUT2D eigenvalue weighted by Gasteiger charge is 2.09. The van der Waals surface area contributed by atoms with E-state index in [9.17, 15) is 18.0 Å². The minimum atomic E-state index is -3.00. The monoisotopic (exact) mass is 280 g/mol. The van der Waals surface area contributed by atoms with Crippen LogP contribution in [0.3, 0.4) is 0 Å². The summed E-state index contributed by atoms with van der Waals surface area (Å²) in [5.41, 5.74) is 0. The van der Waals surface area contributed by atoms with Crippen LogP contribution in [0.2, 0.25) is 0 Å². The zero-order valence-corrected chi connectivity index (χ0v) is 11.4. The lowest BCUT2D eigenvalue weighted by Crippen LogP contribution is -2.38. The van der Waals surface area contributed by atoms with Gasteiger partial charge in [-0.1, -0.05) is 6.92 Å². The Labute approximate surface area is 107 Å². The molecule has 3 N–H and O–H groups in total. The van der Waals surface area contributed by atoms with E-state index in [-0.39, 0.29) is 31.2 Å². The molecular formula is C10H20N2O5S. The Bertz CT molecular complexity index is 380. The van der Waals surface area contributed by atoms with Crippen molar-refractivity contribution in [3.05, 3.63) is 0 Å². The van der Waals surface area contributed by atoms with Gasteiger partial charge in [-0.15, -0.1) is 0 Å². The molecule has 0 saturated carbocycles. The minimum Gasteiger partial charge on any atom is -0.481 e. The lowest BCUT2D eigenvalue weighted by molar-refractivity contribution is -0.137. The van der Waals surface area contributed by atoms with E-state index in [2.05, 4.69) is 10.6 Å². The summed E-state index contributed by atoms with van der Waals surface area (Å²) in [6.07, 6.45) is 1.49. The van der Waals surface area contributed by atoms with Crippen LogP contribution in [-0.4, -0.2) is 50.6 Å². The van der Waals surface area contributed by atoms with Gasteiger partial charge in [0, 0.05) is 25.8 Å². The summed E-state index contributed by atoms with van der Waals surface area (Å²) in [4.78, 5) is 21.6. The largest absolute Gasteiger partial charge is 0.481 e. The molecule has 18 heavy (non-hydrogen) atoms. The maximum absolute atomic E-state index is 11.2. The van der Waals surface area contributed by atoms with Crippen LogP contribution in [0.5, 0.6) is 0 Å². The SMILES string of the molecule is CC(CNC(=O)NCCCS(C)(=O)=O)CC(=O)O. The normalized spacial score (nSPS) is 12.8. The average Bonchev–Trinajstić information content (AvgIpc) is 2.19. The van der Waals surface area contributed by atoms with Crippen LogP contribution in [0.25, 0.3) is 0 Å². The third-order valence-electron chi connectivity index (χ3n) is 2.11. The number of hydrogen-bond acceptors (Lipinski definition) is 4. The highest BCUT2D eigenvalue weighted by atomic mass is 32.2. The van der Waals surface area contributed by atoms with Crippen molar-refractivity contribution in [2.24, 2.45) is 5.92 Å². The molecule has 0 aliphatic rings. The van der Waals surface area contributed by atoms with Crippen molar-refractivity contribution in [1.82, 2.24) is 10.6 Å². The van der Waals surface area contributed by atoms with Gasteiger partial charge < -0.3 is 15.7 Å². The van der Waals surface area contributed by atoms with Crippen LogP contribution in [0, 0.1) is 5.92 Å². The number of carbonyl (C=O) groups is 2. The topological polar surface area (TPSA) is 113 Å². The second-order valence-corrected chi connectivity index (χ2v) is 6.58. The van der Waals surface area contributed by atoms with Crippen molar-refractivity contribution in [1.29, 1.82) is 0 Å². The number of aliphatic carboxylic acids is 1. The van der Waals surface area contributed by atoms with Gasteiger partial charge in [-0.05, 0) is 12.3 Å². The summed E-state index contributed by atoms with van der Waals surface area (Å²) in [7, 11) is -3.00. The number of nitrogens with one attached hydrogen (secondary N) is 2. The lowest BCUT2D eigenvalue weighted by atomic mass is 10.1. The quantitative estimate of drug-likeness (QED) is 0.534. The fraction of sp³-hybridized carbons (Fsp3) is 0.800. The van der Waals surface area contributed by atoms with E-state index in [1.165, 1.54) is 0 Å². The van der Waals surface area contributed by atoms with Crippen molar-refractivity contribution >= 4 is 21.8 Å². The minimum absolute atomic E-state index is 0.00560. The Balaban J connectivity index is 3.63. The van der Waals surface area contributed by atoms with Gasteiger partial charge in [-0.3, -0.25) is 4.79 Å². The molecule has 0 spiro atoms. The third kappa shape index (κ3) is 11.2. The summed E-state index contributed by atoms with van der Waals surface area (Å²) < 4.78 is 21.6. The Kier molecular flexibility index (Phi) is 7.33. The molecule has 2 amide bonds. The molecule has 106 valence electrons. The zero-order chi connectivity index (χ0) is 14.2. The molecule has 0 rings (SSSR count). The first-order valence-electron chi connectivity index (χ1n) is 5.62. The number of carbonyl (C=O) groups excluding carboxylic acids is 1. The first-order valence-corrected chi connectivity index (χ1v) is 7.68. The molecule has 1 unspecified atom stereocenters. The van der Waals surface area contributed by atoms with E-state index in [0.717, 1.165) is 6.26 Å². The lowest BCUT2D eigenvalue weighted by Gasteiger charge is -2.11. The predicted octanol–water partition coefficient (Wildman–Crippen LogP) is -0.169. The van der Waals surface area contributed by atoms with Crippen LogP contribution in [0.1, 0.15) is 19.8 Å². The molecule has 0 fully saturated rings. The molecule has 0 aliphatic carbocycles. The predicted molar refractivity (Wildman–Crippen MR) is 67.1 cm³/mol. The molecule has 0 aromatic rings. The molecule has 7 nitrogen and oxygen atoms in total. The smallest absolute Gasteiger partial charge is 0.314 e. The summed E-state index contributed by atoms with van der Waals surface area (Å²) in [5, 5.41) is 13.5. The molecule has 0 aromatic heterocycles. The molecular weight excluding hydrogens is 260 g/mol. The van der Waals surface area contributed by atoms with Crippen LogP contribution in [0.4, 0.5) is 4.79 Å². The molecule has 0 radical (unpaired) electrons. The van der Waals surface area contributed by atoms with Crippen molar-refractivity contribution < 1.29 is 23.1 Å². The summed E-state index contributed by atoms with van der Waals surface area (Å²) >= 11 is 0. The third-order valence-corrected chi connectivity index (χ3v) is 3.14. The van der Waals surface area contributed by atoms with Crippen molar-refractivity contribution in [3.63, 3.8) is 0 Å². The van der Waals surface area contributed by atoms with E-state index in [1.807, 2.05) is 0 Å². The number of amides is 2. The Morgan fingerprint density at radius 1 is 1.28 bits per heavy atom. The molecule has 0 bridgehead atoms. The number of hydrogen-bond donors (Lipinski definition) is 3. The number of rotatable bonds is 8. The van der Waals surface area contributed by atoms with Gasteiger partial charge in [0.2, 0.25) is 0 Å². The van der Waals surface area contributed by atoms with E-state index in [1.54, 1.807) is 6.92 Å². The van der Waals surface area contributed by atoms with Crippen LogP contribution in [-0.2, 0) is 14.6 Å². The van der Waals surface area contributed by atoms with Crippen LogP contribution >= 0.6 is 0 Å². The summed E-state index contributed by atoms with van der Waals surface area (Å²) in [6.45, 7) is 2.26. The summed E-state index contributed by atoms with van der Waals surface area (Å²) in [5.74, 6) is -1.02. The maximum atomic E-state index is 11.2. The Morgan fingerprint density at radius 3 is 2.39 bits per heavy atom. The number of sulfone groups is 1. The van der Waals surface area contributed by atoms with Gasteiger partial charge in [-0.25, -0.2) is 13.2 Å². The van der Waals surface area contributed by atoms with Gasteiger partial charge >= 0.3 is 12.0 Å². The summed E-state index contributed by atoms with van der Waals surface area (Å²) in [6, 6.07) is -0.416. The highest BCUT2D eigenvalue weighted by molar-refractivity contribution is 7.90. The van der Waals surface area contributed by atoms with E-state index in [0.29, 0.717) is 6.42 Å². The van der Waals surface area contributed by atoms with Crippen LogP contribution in [0.15, 0.2) is 0 Å². The van der Waals surface area contributed by atoms with E-state index >= 15 is 0 Å². The Hall–Kier alpha value is -1.31. The van der Waals surface area contributed by atoms with Gasteiger partial charge in [-0.2, -0.15) is 0 Å². The highest BCUT2D eigenvalue weighted by Crippen LogP contribution is 1.98. The molecule has 0 heterocycles. The molecule has 0 aliphatic heterocycles. The first-order chi connectivity index (χ1) is 8.20. The second kappa shape index (κ2) is 7.91. The fourth-order valence-electron chi connectivity index (χ4n) is 1.24. The second-order valence-electron chi connectivity index (χ2n) is 4.32. The van der Waals surface area contributed by atoms with Crippen LogP contribution < -0.4 is 10.6 Å². The van der Waals surface area contributed by atoms with E-state index in [4.69, 9.17) is 5.11 Å². The molecule has 8 heteroatoms. The zero-order valence-electron chi connectivity index (χ0n) is 10.6. The van der Waals surface area contributed by atoms with Crippen molar-refractivity contribution in [2.75, 3.05) is 25.1 Å².